The molecule has 0 heterocycles. The van der Waals surface area contributed by atoms with Crippen LogP contribution in [0.25, 0.3) is 66.8 Å². The molecular formula is C60H47N. The van der Waals surface area contributed by atoms with Gasteiger partial charge in [0.2, 0.25) is 0 Å². The van der Waals surface area contributed by atoms with Gasteiger partial charge < -0.3 is 4.90 Å². The fourth-order valence-corrected chi connectivity index (χ4v) is 10.8. The molecule has 1 nitrogen and oxygen atoms in total. The van der Waals surface area contributed by atoms with Crippen LogP contribution in [-0.4, -0.2) is 0 Å². The normalized spacial score (nSPS) is 13.8. The minimum atomic E-state index is -0.242. The molecule has 0 aliphatic heterocycles. The van der Waals surface area contributed by atoms with E-state index < -0.39 is 0 Å². The molecular weight excluding hydrogens is 735 g/mol. The number of hydrogen-bond donors (Lipinski definition) is 0. The van der Waals surface area contributed by atoms with E-state index in [2.05, 4.69) is 245 Å². The summed E-state index contributed by atoms with van der Waals surface area (Å²) in [7, 11) is 0. The lowest BCUT2D eigenvalue weighted by atomic mass is 9.79. The summed E-state index contributed by atoms with van der Waals surface area (Å²) in [5.41, 5.74) is 23.4. The van der Waals surface area contributed by atoms with E-state index in [1.165, 1.54) is 94.7 Å². The molecule has 0 fully saturated rings. The highest BCUT2D eigenvalue weighted by Crippen LogP contribution is 2.57. The van der Waals surface area contributed by atoms with Crippen molar-refractivity contribution in [1.29, 1.82) is 0 Å². The molecule has 9 aromatic carbocycles. The first-order valence-corrected chi connectivity index (χ1v) is 21.5. The summed E-state index contributed by atoms with van der Waals surface area (Å²) in [5, 5.41) is 0. The van der Waals surface area contributed by atoms with Gasteiger partial charge in [0, 0.05) is 22.1 Å². The lowest BCUT2D eigenvalue weighted by Gasteiger charge is -2.34. The van der Waals surface area contributed by atoms with Crippen molar-refractivity contribution in [2.45, 2.75) is 38.5 Å². The lowest BCUT2D eigenvalue weighted by molar-refractivity contribution is 0.660. The molecule has 0 spiro atoms. The van der Waals surface area contributed by atoms with Gasteiger partial charge in [0.05, 0.1) is 11.4 Å². The van der Waals surface area contributed by atoms with Crippen LogP contribution in [0.2, 0.25) is 0 Å². The van der Waals surface area contributed by atoms with Gasteiger partial charge in [-0.3, -0.25) is 0 Å². The van der Waals surface area contributed by atoms with Crippen LogP contribution in [0.15, 0.2) is 212 Å². The number of nitrogens with zero attached hydrogens (tertiary/aromatic N) is 1. The van der Waals surface area contributed by atoms with Crippen molar-refractivity contribution in [3.63, 3.8) is 0 Å². The summed E-state index contributed by atoms with van der Waals surface area (Å²) < 4.78 is 0. The molecule has 2 aliphatic carbocycles. The predicted octanol–water partition coefficient (Wildman–Crippen LogP) is 16.4. The molecule has 0 bridgehead atoms. The molecule has 292 valence electrons. The van der Waals surface area contributed by atoms with Crippen LogP contribution in [0.3, 0.4) is 0 Å². The molecule has 0 amide bonds. The summed E-state index contributed by atoms with van der Waals surface area (Å²) in [6.45, 7) is 9.56. The molecule has 11 rings (SSSR count). The van der Waals surface area contributed by atoms with Crippen LogP contribution in [0, 0.1) is 0 Å². The smallest absolute Gasteiger partial charge is 0.0546 e. The number of hydrogen-bond acceptors (Lipinski definition) is 1. The molecule has 0 N–H and O–H groups in total. The van der Waals surface area contributed by atoms with Crippen LogP contribution in [0.4, 0.5) is 17.1 Å². The SMILES string of the molecule is CC1(C)c2ccccc2-c2cccc(-c3cccc(N(c4cccc(-c5ccccc5)c4-c4ccccc4-c4ccccc4)c4cccc5c4C(C)(C)c4ccccc4-5)c3)c21. The van der Waals surface area contributed by atoms with Crippen molar-refractivity contribution < 1.29 is 0 Å². The second-order valence-corrected chi connectivity index (χ2v) is 17.6. The summed E-state index contributed by atoms with van der Waals surface area (Å²) >= 11 is 0. The monoisotopic (exact) mass is 781 g/mol. The minimum Gasteiger partial charge on any atom is -0.309 e. The highest BCUT2D eigenvalue weighted by Gasteiger charge is 2.40. The Hall–Kier alpha value is -7.22. The Kier molecular flexibility index (Phi) is 8.58. The van der Waals surface area contributed by atoms with Crippen molar-refractivity contribution in [2.24, 2.45) is 0 Å². The van der Waals surface area contributed by atoms with Crippen LogP contribution in [-0.2, 0) is 10.8 Å². The Labute approximate surface area is 360 Å². The third-order valence-corrected chi connectivity index (χ3v) is 13.4. The molecule has 0 saturated carbocycles. The van der Waals surface area contributed by atoms with E-state index in [0.717, 1.165) is 11.4 Å². The summed E-state index contributed by atoms with van der Waals surface area (Å²) in [6.07, 6.45) is 0. The number of benzene rings is 9. The van der Waals surface area contributed by atoms with Crippen molar-refractivity contribution in [3.05, 3.63) is 235 Å². The Morgan fingerprint density at radius 3 is 1.38 bits per heavy atom. The second-order valence-electron chi connectivity index (χ2n) is 17.6. The van der Waals surface area contributed by atoms with Crippen LogP contribution in [0.5, 0.6) is 0 Å². The molecule has 0 aromatic heterocycles. The molecule has 1 heteroatoms. The maximum absolute atomic E-state index is 2.57. The van der Waals surface area contributed by atoms with E-state index in [-0.39, 0.29) is 10.8 Å². The molecule has 2 aliphatic rings. The van der Waals surface area contributed by atoms with E-state index in [1.54, 1.807) is 0 Å². The summed E-state index contributed by atoms with van der Waals surface area (Å²) in [5.74, 6) is 0. The minimum absolute atomic E-state index is 0.146. The van der Waals surface area contributed by atoms with E-state index in [0.29, 0.717) is 0 Å². The van der Waals surface area contributed by atoms with Gasteiger partial charge in [-0.1, -0.05) is 216 Å². The molecule has 0 atom stereocenters. The van der Waals surface area contributed by atoms with Gasteiger partial charge in [0.25, 0.3) is 0 Å². The molecule has 9 aromatic rings. The van der Waals surface area contributed by atoms with Crippen molar-refractivity contribution >= 4 is 17.1 Å². The maximum Gasteiger partial charge on any atom is 0.0546 e. The topological polar surface area (TPSA) is 3.24 Å². The van der Waals surface area contributed by atoms with Gasteiger partial charge in [-0.2, -0.15) is 0 Å². The fraction of sp³-hybridized carbons (Fsp3) is 0.100. The van der Waals surface area contributed by atoms with E-state index in [4.69, 9.17) is 0 Å². The van der Waals surface area contributed by atoms with Crippen molar-refractivity contribution in [2.75, 3.05) is 4.90 Å². The third kappa shape index (κ3) is 5.76. The maximum atomic E-state index is 2.57. The van der Waals surface area contributed by atoms with Gasteiger partial charge in [-0.05, 0) is 108 Å². The number of fused-ring (bicyclic) bond motifs is 6. The number of rotatable bonds is 7. The summed E-state index contributed by atoms with van der Waals surface area (Å²) in [6, 6.07) is 78.6. The second kappa shape index (κ2) is 14.2. The van der Waals surface area contributed by atoms with Gasteiger partial charge in [0.1, 0.15) is 0 Å². The average molecular weight is 782 g/mol. The standard InChI is InChI=1S/C60H47N/c1-59(2)52-35-15-13-28-47(52)50-33-18-32-46(57(50)59)42-25-17-26-43(39-42)61(55-38-20-34-51-48-29-14-16-36-53(48)60(3,4)58(51)55)54-37-19-31-45(41-23-9-6-10-24-41)56(54)49-30-12-11-27-44(49)40-21-7-5-8-22-40/h5-39H,1-4H3. The zero-order valence-electron chi connectivity index (χ0n) is 35.2. The van der Waals surface area contributed by atoms with Crippen LogP contribution >= 0.6 is 0 Å². The lowest BCUT2D eigenvalue weighted by Crippen LogP contribution is -2.21. The Morgan fingerprint density at radius 2 is 0.721 bits per heavy atom. The first kappa shape index (κ1) is 36.8. The van der Waals surface area contributed by atoms with E-state index in [9.17, 15) is 0 Å². The van der Waals surface area contributed by atoms with Gasteiger partial charge in [0.15, 0.2) is 0 Å². The van der Waals surface area contributed by atoms with E-state index in [1.807, 2.05) is 0 Å². The third-order valence-electron chi connectivity index (χ3n) is 13.4. The zero-order chi connectivity index (χ0) is 41.3. The quantitative estimate of drug-likeness (QED) is 0.156. The Bertz CT molecular complexity index is 3130. The molecule has 0 unspecified atom stereocenters. The summed E-state index contributed by atoms with van der Waals surface area (Å²) in [4.78, 5) is 2.57. The van der Waals surface area contributed by atoms with Gasteiger partial charge in [-0.25, -0.2) is 0 Å². The van der Waals surface area contributed by atoms with Crippen LogP contribution in [0.1, 0.15) is 49.9 Å². The largest absolute Gasteiger partial charge is 0.309 e. The molecule has 0 radical (unpaired) electrons. The Balaban J connectivity index is 1.22. The van der Waals surface area contributed by atoms with Gasteiger partial charge >= 0.3 is 0 Å². The molecule has 0 saturated heterocycles. The van der Waals surface area contributed by atoms with Gasteiger partial charge in [-0.15, -0.1) is 0 Å². The number of anilines is 3. The first-order chi connectivity index (χ1) is 29.8. The van der Waals surface area contributed by atoms with Crippen LogP contribution < -0.4 is 4.90 Å². The highest BCUT2D eigenvalue weighted by atomic mass is 15.1. The molecule has 61 heavy (non-hydrogen) atoms. The van der Waals surface area contributed by atoms with Crippen molar-refractivity contribution in [1.82, 2.24) is 0 Å². The van der Waals surface area contributed by atoms with Crippen molar-refractivity contribution in [3.8, 4) is 66.8 Å². The fourth-order valence-electron chi connectivity index (χ4n) is 10.8. The zero-order valence-corrected chi connectivity index (χ0v) is 35.2. The highest BCUT2D eigenvalue weighted by molar-refractivity contribution is 6.03. The predicted molar refractivity (Wildman–Crippen MR) is 258 cm³/mol. The van der Waals surface area contributed by atoms with E-state index >= 15 is 0 Å². The Morgan fingerprint density at radius 1 is 0.295 bits per heavy atom. The first-order valence-electron chi connectivity index (χ1n) is 21.5. The average Bonchev–Trinajstić information content (AvgIpc) is 3.70.